The smallest absolute Gasteiger partial charge is 0.328 e. The van der Waals surface area contributed by atoms with Crippen molar-refractivity contribution in [1.82, 2.24) is 20.2 Å². The number of rotatable bonds is 6. The number of carbonyl (C=O) groups is 3. The molecule has 0 unspecified atom stereocenters. The normalized spacial score (nSPS) is 16.3. The summed E-state index contributed by atoms with van der Waals surface area (Å²) in [6, 6.07) is 0.366. The topological polar surface area (TPSA) is 114 Å². The van der Waals surface area contributed by atoms with Gasteiger partial charge in [-0.05, 0) is 12.5 Å². The number of H-pyrrole nitrogens is 1. The molecule has 0 bridgehead atoms. The molecular weight excluding hydrogens is 414 g/mol. The summed E-state index contributed by atoms with van der Waals surface area (Å²) in [5, 5.41) is 2.54. The summed E-state index contributed by atoms with van der Waals surface area (Å²) in [6.07, 6.45) is 1.71. The molecule has 2 aromatic rings. The number of ether oxygens (including phenoxy) is 2. The van der Waals surface area contributed by atoms with Crippen molar-refractivity contribution in [3.05, 3.63) is 53.1 Å². The highest BCUT2D eigenvalue weighted by atomic mass is 19.1. The second-order valence-corrected chi connectivity index (χ2v) is 6.92. The zero-order chi connectivity index (χ0) is 22.5. The van der Waals surface area contributed by atoms with E-state index in [2.05, 4.69) is 20.0 Å². The van der Waals surface area contributed by atoms with Crippen molar-refractivity contribution in [3.8, 4) is 0 Å². The van der Waals surface area contributed by atoms with Gasteiger partial charge in [-0.2, -0.15) is 0 Å². The van der Waals surface area contributed by atoms with Crippen LogP contribution in [-0.2, 0) is 25.5 Å². The Morgan fingerprint density at radius 3 is 2.74 bits per heavy atom. The first-order valence-electron chi connectivity index (χ1n) is 9.54. The Labute approximate surface area is 176 Å². The van der Waals surface area contributed by atoms with Crippen LogP contribution in [0, 0.1) is 11.6 Å². The predicted molar refractivity (Wildman–Crippen MR) is 103 cm³/mol. The minimum absolute atomic E-state index is 0.0395. The Hall–Kier alpha value is -3.50. The first-order chi connectivity index (χ1) is 14.8. The molecule has 1 aromatic carbocycles. The average molecular weight is 436 g/mol. The number of methoxy groups -OCH3 is 2. The number of amides is 2. The Kier molecular flexibility index (Phi) is 6.83. The van der Waals surface area contributed by atoms with Crippen molar-refractivity contribution in [2.75, 3.05) is 20.8 Å². The zero-order valence-electron chi connectivity index (χ0n) is 17.0. The summed E-state index contributed by atoms with van der Waals surface area (Å²) in [6.45, 7) is 0.188. The molecule has 2 N–H and O–H groups in total. The number of esters is 2. The Balaban J connectivity index is 1.88. The number of benzene rings is 1. The lowest BCUT2D eigenvalue weighted by atomic mass is 9.95. The van der Waals surface area contributed by atoms with Gasteiger partial charge in [0.15, 0.2) is 0 Å². The van der Waals surface area contributed by atoms with Crippen molar-refractivity contribution in [3.63, 3.8) is 0 Å². The molecule has 31 heavy (non-hydrogen) atoms. The molecule has 0 radical (unpaired) electrons. The van der Waals surface area contributed by atoms with Crippen LogP contribution < -0.4 is 5.32 Å². The van der Waals surface area contributed by atoms with Gasteiger partial charge in [-0.3, -0.25) is 4.79 Å². The van der Waals surface area contributed by atoms with Crippen molar-refractivity contribution in [2.24, 2.45) is 0 Å². The van der Waals surface area contributed by atoms with Crippen LogP contribution in [0.1, 0.15) is 35.8 Å². The van der Waals surface area contributed by atoms with E-state index in [4.69, 9.17) is 4.74 Å². The SMILES string of the molecule is COC(=O)CC[C@@H](NC(=O)N1CCc2[nH]cnc2[C@@H]1c1ccc(F)cc1F)C(=O)OC. The summed E-state index contributed by atoms with van der Waals surface area (Å²) in [5.74, 6) is -2.86. The molecular formula is C20H22F2N4O5. The summed E-state index contributed by atoms with van der Waals surface area (Å²) in [7, 11) is 2.37. The molecule has 166 valence electrons. The van der Waals surface area contributed by atoms with Gasteiger partial charge in [0.1, 0.15) is 23.7 Å². The summed E-state index contributed by atoms with van der Waals surface area (Å²) >= 11 is 0. The lowest BCUT2D eigenvalue weighted by Gasteiger charge is -2.36. The number of carbonyl (C=O) groups excluding carboxylic acids is 3. The maximum absolute atomic E-state index is 14.6. The van der Waals surface area contributed by atoms with Gasteiger partial charge in [0.2, 0.25) is 0 Å². The van der Waals surface area contributed by atoms with Gasteiger partial charge in [0.25, 0.3) is 0 Å². The number of hydrogen-bond acceptors (Lipinski definition) is 6. The van der Waals surface area contributed by atoms with E-state index in [9.17, 15) is 23.2 Å². The second-order valence-electron chi connectivity index (χ2n) is 6.92. The van der Waals surface area contributed by atoms with Crippen molar-refractivity contribution in [1.29, 1.82) is 0 Å². The van der Waals surface area contributed by atoms with E-state index >= 15 is 0 Å². The van der Waals surface area contributed by atoms with E-state index in [1.807, 2.05) is 0 Å². The number of nitrogens with zero attached hydrogens (tertiary/aromatic N) is 2. The monoisotopic (exact) mass is 436 g/mol. The lowest BCUT2D eigenvalue weighted by Crippen LogP contribution is -2.51. The molecule has 2 amide bonds. The first kappa shape index (κ1) is 22.2. The molecule has 0 saturated carbocycles. The van der Waals surface area contributed by atoms with Gasteiger partial charge in [0, 0.05) is 36.7 Å². The molecule has 9 nitrogen and oxygen atoms in total. The number of urea groups is 1. The molecule has 3 rings (SSSR count). The highest BCUT2D eigenvalue weighted by molar-refractivity contribution is 5.84. The Morgan fingerprint density at radius 1 is 1.29 bits per heavy atom. The lowest BCUT2D eigenvalue weighted by molar-refractivity contribution is -0.144. The molecule has 1 aromatic heterocycles. The number of halogens is 2. The molecule has 11 heteroatoms. The standard InChI is InChI=1S/C20H22F2N4O5/c1-30-16(27)6-5-15(19(28)31-2)25-20(29)26-8-7-14-17(24-10-23-14)18(26)12-4-3-11(21)9-13(12)22/h3-4,9-10,15,18H,5-8H2,1-2H3,(H,23,24)(H,25,29)/t15-,18+/m1/s1. The van der Waals surface area contributed by atoms with E-state index < -0.39 is 41.7 Å². The Bertz CT molecular complexity index is 980. The summed E-state index contributed by atoms with van der Waals surface area (Å²) < 4.78 is 37.3. The highest BCUT2D eigenvalue weighted by Gasteiger charge is 2.37. The van der Waals surface area contributed by atoms with E-state index in [0.717, 1.165) is 24.9 Å². The van der Waals surface area contributed by atoms with Crippen molar-refractivity contribution >= 4 is 18.0 Å². The third kappa shape index (κ3) is 4.81. The predicted octanol–water partition coefficient (Wildman–Crippen LogP) is 1.84. The molecule has 2 atom stereocenters. The average Bonchev–Trinajstić information content (AvgIpc) is 3.24. The third-order valence-electron chi connectivity index (χ3n) is 5.09. The van der Waals surface area contributed by atoms with Crippen LogP contribution in [0.15, 0.2) is 24.5 Å². The van der Waals surface area contributed by atoms with Crippen LogP contribution in [0.25, 0.3) is 0 Å². The van der Waals surface area contributed by atoms with Gasteiger partial charge in [-0.25, -0.2) is 23.4 Å². The number of hydrogen-bond donors (Lipinski definition) is 2. The number of aromatic nitrogens is 2. The minimum Gasteiger partial charge on any atom is -0.469 e. The van der Waals surface area contributed by atoms with Gasteiger partial charge in [0.05, 0.1) is 26.2 Å². The Morgan fingerprint density at radius 2 is 2.06 bits per heavy atom. The van der Waals surface area contributed by atoms with Gasteiger partial charge in [-0.15, -0.1) is 0 Å². The first-order valence-corrected chi connectivity index (χ1v) is 9.54. The van der Waals surface area contributed by atoms with Crippen LogP contribution in [0.3, 0.4) is 0 Å². The molecule has 0 fully saturated rings. The van der Waals surface area contributed by atoms with Gasteiger partial charge < -0.3 is 24.7 Å². The molecule has 0 aliphatic carbocycles. The fraction of sp³-hybridized carbons (Fsp3) is 0.400. The van der Waals surface area contributed by atoms with Crippen molar-refractivity contribution < 1.29 is 32.6 Å². The summed E-state index contributed by atoms with van der Waals surface area (Å²) in [5.41, 5.74) is 1.22. The van der Waals surface area contributed by atoms with Crippen molar-refractivity contribution in [2.45, 2.75) is 31.3 Å². The van der Waals surface area contributed by atoms with Crippen LogP contribution >= 0.6 is 0 Å². The fourth-order valence-corrected chi connectivity index (χ4v) is 3.52. The van der Waals surface area contributed by atoms with E-state index in [-0.39, 0.29) is 24.9 Å². The van der Waals surface area contributed by atoms with E-state index in [1.165, 1.54) is 24.4 Å². The van der Waals surface area contributed by atoms with Crippen LogP contribution in [0.5, 0.6) is 0 Å². The number of aromatic amines is 1. The molecule has 1 aliphatic heterocycles. The maximum Gasteiger partial charge on any atom is 0.328 e. The molecule has 2 heterocycles. The highest BCUT2D eigenvalue weighted by Crippen LogP contribution is 2.35. The number of nitrogens with one attached hydrogen (secondary N) is 2. The third-order valence-corrected chi connectivity index (χ3v) is 5.09. The zero-order valence-corrected chi connectivity index (χ0v) is 17.0. The number of fused-ring (bicyclic) bond motifs is 1. The van der Waals surface area contributed by atoms with E-state index in [1.54, 1.807) is 0 Å². The molecule has 0 saturated heterocycles. The van der Waals surface area contributed by atoms with E-state index in [0.29, 0.717) is 12.1 Å². The minimum atomic E-state index is -1.11. The fourth-order valence-electron chi connectivity index (χ4n) is 3.52. The quantitative estimate of drug-likeness (QED) is 0.668. The molecule has 0 spiro atoms. The summed E-state index contributed by atoms with van der Waals surface area (Å²) in [4.78, 5) is 45.1. The van der Waals surface area contributed by atoms with Gasteiger partial charge in [-0.1, -0.05) is 6.07 Å². The van der Waals surface area contributed by atoms with Crippen LogP contribution in [-0.4, -0.2) is 59.6 Å². The molecule has 1 aliphatic rings. The van der Waals surface area contributed by atoms with Crippen LogP contribution in [0.4, 0.5) is 13.6 Å². The second kappa shape index (κ2) is 9.54. The largest absolute Gasteiger partial charge is 0.469 e. The maximum atomic E-state index is 14.6. The number of imidazole rings is 1. The van der Waals surface area contributed by atoms with Gasteiger partial charge >= 0.3 is 18.0 Å². The van der Waals surface area contributed by atoms with Crippen LogP contribution in [0.2, 0.25) is 0 Å².